The summed E-state index contributed by atoms with van der Waals surface area (Å²) in [5.74, 6) is 0.292. The second kappa shape index (κ2) is 7.13. The van der Waals surface area contributed by atoms with Gasteiger partial charge in [0.05, 0.1) is 0 Å². The molecule has 0 fully saturated rings. The van der Waals surface area contributed by atoms with Gasteiger partial charge in [-0.3, -0.25) is 0 Å². The van der Waals surface area contributed by atoms with Crippen molar-refractivity contribution in [1.82, 2.24) is 0 Å². The molecule has 0 saturated carbocycles. The molecule has 1 heteroatoms. The molecule has 1 N–H and O–H groups in total. The van der Waals surface area contributed by atoms with E-state index in [1.54, 1.807) is 18.2 Å². The van der Waals surface area contributed by atoms with Crippen LogP contribution in [0.2, 0.25) is 0 Å². The van der Waals surface area contributed by atoms with Gasteiger partial charge in [0, 0.05) is 0 Å². The van der Waals surface area contributed by atoms with Crippen LogP contribution in [0.3, 0.4) is 0 Å². The molecule has 92 valence electrons. The molecule has 0 aliphatic carbocycles. The Kier molecular flexibility index (Phi) is 5.46. The lowest BCUT2D eigenvalue weighted by Crippen LogP contribution is -1.71. The predicted octanol–water partition coefficient (Wildman–Crippen LogP) is 4.67. The molecule has 0 unspecified atom stereocenters. The van der Waals surface area contributed by atoms with Crippen molar-refractivity contribution in [3.8, 4) is 5.75 Å². The van der Waals surface area contributed by atoms with Crippen LogP contribution in [0.4, 0.5) is 0 Å². The van der Waals surface area contributed by atoms with Crippen LogP contribution in [0.5, 0.6) is 5.75 Å². The van der Waals surface area contributed by atoms with Crippen LogP contribution in [0.15, 0.2) is 61.7 Å². The molecule has 2 aromatic carbocycles. The normalized spacial score (nSPS) is 8.94. The zero-order valence-corrected chi connectivity index (χ0v) is 10.6. The van der Waals surface area contributed by atoms with Gasteiger partial charge in [-0.15, -0.1) is 0 Å². The molecule has 0 radical (unpaired) electrons. The summed E-state index contributed by atoms with van der Waals surface area (Å²) in [6.07, 6.45) is 3.58. The van der Waals surface area contributed by atoms with Gasteiger partial charge < -0.3 is 5.11 Å². The van der Waals surface area contributed by atoms with Crippen molar-refractivity contribution in [2.45, 2.75) is 6.92 Å². The highest BCUT2D eigenvalue weighted by molar-refractivity contribution is 5.48. The fraction of sp³-hybridized carbons (Fsp3) is 0.0588. The molecule has 2 aromatic rings. The summed E-state index contributed by atoms with van der Waals surface area (Å²) in [4.78, 5) is 0. The minimum atomic E-state index is 0.292. The summed E-state index contributed by atoms with van der Waals surface area (Å²) < 4.78 is 0. The molecule has 0 aliphatic heterocycles. The second-order valence-electron chi connectivity index (χ2n) is 3.91. The Hall–Kier alpha value is -2.28. The molecule has 0 heterocycles. The Morgan fingerprint density at radius 3 is 1.56 bits per heavy atom. The number of rotatable bonds is 2. The SMILES string of the molecule is C=Cc1ccc(C)cc1.C=Cc1ccc(O)cc1. The minimum absolute atomic E-state index is 0.292. The van der Waals surface area contributed by atoms with Gasteiger partial charge in [0.25, 0.3) is 0 Å². The number of phenolic OH excluding ortho intramolecular Hbond substituents is 1. The number of aryl methyl sites for hydroxylation is 1. The number of hydrogen-bond donors (Lipinski definition) is 1. The fourth-order valence-electron chi connectivity index (χ4n) is 1.31. The van der Waals surface area contributed by atoms with E-state index in [0.29, 0.717) is 5.75 Å². The van der Waals surface area contributed by atoms with Gasteiger partial charge in [0.15, 0.2) is 0 Å². The molecular weight excluding hydrogens is 220 g/mol. The first-order valence-electron chi connectivity index (χ1n) is 5.76. The highest BCUT2D eigenvalue weighted by Gasteiger charge is 1.84. The van der Waals surface area contributed by atoms with E-state index < -0.39 is 0 Å². The van der Waals surface area contributed by atoms with Gasteiger partial charge in [-0.25, -0.2) is 0 Å². The quantitative estimate of drug-likeness (QED) is 0.805. The first-order chi connectivity index (χ1) is 8.65. The third-order valence-corrected chi connectivity index (χ3v) is 2.44. The van der Waals surface area contributed by atoms with Crippen LogP contribution in [-0.4, -0.2) is 5.11 Å². The maximum Gasteiger partial charge on any atom is 0.115 e. The predicted molar refractivity (Wildman–Crippen MR) is 79.5 cm³/mol. The number of benzene rings is 2. The molecule has 1 nitrogen and oxygen atoms in total. The van der Waals surface area contributed by atoms with Crippen molar-refractivity contribution in [2.75, 3.05) is 0 Å². The topological polar surface area (TPSA) is 20.2 Å². The van der Waals surface area contributed by atoms with E-state index in [1.807, 2.05) is 18.2 Å². The van der Waals surface area contributed by atoms with Crippen molar-refractivity contribution in [2.24, 2.45) is 0 Å². The van der Waals surface area contributed by atoms with E-state index in [-0.39, 0.29) is 0 Å². The first-order valence-corrected chi connectivity index (χ1v) is 5.76. The molecule has 0 spiro atoms. The lowest BCUT2D eigenvalue weighted by Gasteiger charge is -1.91. The van der Waals surface area contributed by atoms with Gasteiger partial charge in [-0.05, 0) is 30.2 Å². The van der Waals surface area contributed by atoms with E-state index in [0.717, 1.165) is 5.56 Å². The first kappa shape index (κ1) is 13.8. The summed E-state index contributed by atoms with van der Waals surface area (Å²) >= 11 is 0. The van der Waals surface area contributed by atoms with Crippen LogP contribution in [0.25, 0.3) is 12.2 Å². The Balaban J connectivity index is 0.000000180. The molecule has 18 heavy (non-hydrogen) atoms. The molecule has 0 saturated heterocycles. The van der Waals surface area contributed by atoms with Gasteiger partial charge in [0.2, 0.25) is 0 Å². The summed E-state index contributed by atoms with van der Waals surface area (Å²) in [5.41, 5.74) is 3.49. The Morgan fingerprint density at radius 1 is 0.778 bits per heavy atom. The van der Waals surface area contributed by atoms with Gasteiger partial charge >= 0.3 is 0 Å². The van der Waals surface area contributed by atoms with Crippen LogP contribution >= 0.6 is 0 Å². The smallest absolute Gasteiger partial charge is 0.115 e. The van der Waals surface area contributed by atoms with Gasteiger partial charge in [0.1, 0.15) is 5.75 Å². The Morgan fingerprint density at radius 2 is 1.17 bits per heavy atom. The zero-order chi connectivity index (χ0) is 13.4. The molecule has 0 aliphatic rings. The number of phenols is 1. The van der Waals surface area contributed by atoms with E-state index in [2.05, 4.69) is 44.3 Å². The molecule has 0 amide bonds. The van der Waals surface area contributed by atoms with Crippen molar-refractivity contribution in [3.05, 3.63) is 78.4 Å². The van der Waals surface area contributed by atoms with E-state index >= 15 is 0 Å². The van der Waals surface area contributed by atoms with Crippen molar-refractivity contribution in [1.29, 1.82) is 0 Å². The number of aromatic hydroxyl groups is 1. The lowest BCUT2D eigenvalue weighted by molar-refractivity contribution is 0.475. The van der Waals surface area contributed by atoms with Crippen molar-refractivity contribution < 1.29 is 5.11 Å². The highest BCUT2D eigenvalue weighted by Crippen LogP contribution is 2.09. The van der Waals surface area contributed by atoms with E-state index in [9.17, 15) is 0 Å². The summed E-state index contributed by atoms with van der Waals surface area (Å²) in [6, 6.07) is 15.2. The molecule has 0 aromatic heterocycles. The zero-order valence-electron chi connectivity index (χ0n) is 10.6. The fourth-order valence-corrected chi connectivity index (χ4v) is 1.31. The largest absolute Gasteiger partial charge is 0.508 e. The van der Waals surface area contributed by atoms with Crippen LogP contribution in [-0.2, 0) is 0 Å². The van der Waals surface area contributed by atoms with Crippen molar-refractivity contribution >= 4 is 12.2 Å². The van der Waals surface area contributed by atoms with Crippen LogP contribution in [0, 0.1) is 6.92 Å². The molecule has 0 atom stereocenters. The highest BCUT2D eigenvalue weighted by atomic mass is 16.3. The minimum Gasteiger partial charge on any atom is -0.508 e. The monoisotopic (exact) mass is 238 g/mol. The Labute approximate surface area is 109 Å². The maximum absolute atomic E-state index is 8.82. The average Bonchev–Trinajstić information content (AvgIpc) is 2.41. The van der Waals surface area contributed by atoms with E-state index in [4.69, 9.17) is 5.11 Å². The standard InChI is InChI=1S/C9H10.C8H8O/c1-3-9-6-4-8(2)5-7-9;1-2-7-3-5-8(9)6-4-7/h3-7H,1H2,2H3;2-6,9H,1H2. The third-order valence-electron chi connectivity index (χ3n) is 2.44. The Bertz CT molecular complexity index is 443. The number of hydrogen-bond acceptors (Lipinski definition) is 1. The third kappa shape index (κ3) is 4.71. The summed E-state index contributed by atoms with van der Waals surface area (Å²) in [6.45, 7) is 9.32. The second-order valence-corrected chi connectivity index (χ2v) is 3.91. The van der Waals surface area contributed by atoms with Gasteiger partial charge in [-0.2, -0.15) is 0 Å². The van der Waals surface area contributed by atoms with Crippen LogP contribution in [0.1, 0.15) is 16.7 Å². The summed E-state index contributed by atoms with van der Waals surface area (Å²) in [5, 5.41) is 8.82. The molecule has 2 rings (SSSR count). The van der Waals surface area contributed by atoms with Gasteiger partial charge in [-0.1, -0.05) is 67.3 Å². The average molecular weight is 238 g/mol. The molecular formula is C17H18O. The van der Waals surface area contributed by atoms with Crippen molar-refractivity contribution in [3.63, 3.8) is 0 Å². The lowest BCUT2D eigenvalue weighted by atomic mass is 10.2. The summed E-state index contributed by atoms with van der Waals surface area (Å²) in [7, 11) is 0. The molecule has 0 bridgehead atoms. The van der Waals surface area contributed by atoms with Crippen LogP contribution < -0.4 is 0 Å². The maximum atomic E-state index is 8.82. The van der Waals surface area contributed by atoms with E-state index in [1.165, 1.54) is 11.1 Å².